The fraction of sp³-hybridized carbons (Fsp3) is 0.462. The molecule has 0 unspecified atom stereocenters. The molecular formula is C65H81N10O11S+. The van der Waals surface area contributed by atoms with E-state index < -0.39 is 100 Å². The van der Waals surface area contributed by atoms with Gasteiger partial charge in [-0.1, -0.05) is 68.5 Å². The number of nitrogens with two attached hydrogens (primary N) is 1. The maximum Gasteiger partial charge on any atom is 0.305 e. The molecule has 0 radical (unpaired) electrons. The molecule has 0 aromatic heterocycles. The molecule has 4 aromatic rings. The number of piperidine rings is 1. The summed E-state index contributed by atoms with van der Waals surface area (Å²) in [6, 6.07) is 14.0. The van der Waals surface area contributed by atoms with Crippen LogP contribution in [-0.2, 0) is 54.5 Å². The van der Waals surface area contributed by atoms with Gasteiger partial charge in [0.2, 0.25) is 41.1 Å². The lowest BCUT2D eigenvalue weighted by molar-refractivity contribution is -0.438. The number of aliphatic carboxylic acids is 1. The van der Waals surface area contributed by atoms with Crippen LogP contribution < -0.4 is 37.2 Å². The number of hydrogen-bond donors (Lipinski definition) is 8. The van der Waals surface area contributed by atoms with Crippen molar-refractivity contribution in [3.05, 3.63) is 113 Å². The van der Waals surface area contributed by atoms with Gasteiger partial charge < -0.3 is 47.2 Å². The van der Waals surface area contributed by atoms with E-state index >= 15 is 0 Å². The molecule has 0 spiro atoms. The number of nitrogens with zero attached hydrogens (tertiary/aromatic N) is 4. The molecule has 9 rings (SSSR count). The molecule has 5 heterocycles. The van der Waals surface area contributed by atoms with Crippen molar-refractivity contribution in [1.82, 2.24) is 31.5 Å². The van der Waals surface area contributed by atoms with E-state index in [0.717, 1.165) is 23.5 Å². The number of likely N-dealkylation sites (N-methyl/N-ethyl adjacent to an activating group) is 1. The van der Waals surface area contributed by atoms with Gasteiger partial charge in [0.05, 0.1) is 24.2 Å². The number of carboxylic acid groups (broad SMARTS) is 1. The van der Waals surface area contributed by atoms with Gasteiger partial charge in [0.25, 0.3) is 10.1 Å². The Morgan fingerprint density at radius 3 is 2.29 bits per heavy atom. The Balaban J connectivity index is 0.897. The normalized spacial score (nSPS) is 23.7. The summed E-state index contributed by atoms with van der Waals surface area (Å²) in [4.78, 5) is 102. The van der Waals surface area contributed by atoms with Gasteiger partial charge in [0, 0.05) is 84.3 Å². The fourth-order valence-corrected chi connectivity index (χ4v) is 14.5. The van der Waals surface area contributed by atoms with Gasteiger partial charge in [0.1, 0.15) is 35.6 Å². The van der Waals surface area contributed by atoms with Gasteiger partial charge >= 0.3 is 5.97 Å². The monoisotopic (exact) mass is 1210 g/mol. The molecule has 2 bridgehead atoms. The topological polar surface area (TPSA) is 302 Å². The molecule has 5 aliphatic rings. The Hall–Kier alpha value is -8.24. The number of aliphatic imine (C=N–C) groups is 1. The van der Waals surface area contributed by atoms with E-state index in [1.807, 2.05) is 24.3 Å². The second-order valence-electron chi connectivity index (χ2n) is 24.5. The van der Waals surface area contributed by atoms with Crippen molar-refractivity contribution in [2.45, 2.75) is 159 Å². The van der Waals surface area contributed by atoms with Gasteiger partial charge in [0.15, 0.2) is 5.71 Å². The van der Waals surface area contributed by atoms with Crippen LogP contribution in [0.25, 0.3) is 21.5 Å². The highest BCUT2D eigenvalue weighted by atomic mass is 32.2. The number of benzene rings is 4. The van der Waals surface area contributed by atoms with Crippen molar-refractivity contribution in [3.8, 4) is 0 Å². The highest BCUT2D eigenvalue weighted by Gasteiger charge is 2.51. The quantitative estimate of drug-likeness (QED) is 0.0133. The lowest BCUT2D eigenvalue weighted by Crippen LogP contribution is -2.65. The molecule has 87 heavy (non-hydrogen) atoms. The van der Waals surface area contributed by atoms with Gasteiger partial charge in [-0.05, 0) is 131 Å². The summed E-state index contributed by atoms with van der Waals surface area (Å²) in [5.74, 6) is -5.74. The minimum absolute atomic E-state index is 0.0276. The number of rotatable bonds is 19. The third-order valence-corrected chi connectivity index (χ3v) is 18.8. The first-order valence-corrected chi connectivity index (χ1v) is 31.6. The smallest absolute Gasteiger partial charge is 0.305 e. The van der Waals surface area contributed by atoms with Crippen molar-refractivity contribution in [1.29, 1.82) is 0 Å². The average Bonchev–Trinajstić information content (AvgIpc) is 1.61. The van der Waals surface area contributed by atoms with Crippen molar-refractivity contribution in [3.63, 3.8) is 0 Å². The molecule has 3 saturated heterocycles. The van der Waals surface area contributed by atoms with Gasteiger partial charge in [-0.15, -0.1) is 0 Å². The third kappa shape index (κ3) is 13.2. The summed E-state index contributed by atoms with van der Waals surface area (Å²) >= 11 is 0. The van der Waals surface area contributed by atoms with E-state index in [1.165, 1.54) is 44.3 Å². The summed E-state index contributed by atoms with van der Waals surface area (Å²) in [7, 11) is -4.54. The van der Waals surface area contributed by atoms with Crippen LogP contribution >= 0.6 is 0 Å². The van der Waals surface area contributed by atoms with Crippen LogP contribution in [0.15, 0.2) is 107 Å². The summed E-state index contributed by atoms with van der Waals surface area (Å²) in [5.41, 5.74) is 12.5. The van der Waals surface area contributed by atoms with Crippen LogP contribution in [0.4, 0.5) is 11.4 Å². The minimum atomic E-state index is -4.54. The van der Waals surface area contributed by atoms with Crippen LogP contribution in [0.5, 0.6) is 0 Å². The first-order valence-electron chi connectivity index (χ1n) is 30.1. The number of fused-ring (bicyclic) bond motifs is 7. The lowest BCUT2D eigenvalue weighted by Gasteiger charge is -2.42. The van der Waals surface area contributed by atoms with Gasteiger partial charge in [-0.3, -0.25) is 43.1 Å². The number of aryl methyl sites for hydroxylation is 1. The predicted octanol–water partition coefficient (Wildman–Crippen LogP) is 6.01. The Bertz CT molecular complexity index is 3710. The first-order chi connectivity index (χ1) is 41.3. The van der Waals surface area contributed by atoms with Crippen molar-refractivity contribution < 1.29 is 56.2 Å². The van der Waals surface area contributed by atoms with E-state index in [2.05, 4.69) is 131 Å². The highest BCUT2D eigenvalue weighted by Crippen LogP contribution is 2.51. The zero-order valence-corrected chi connectivity index (χ0v) is 51.4. The maximum absolute atomic E-state index is 14.6. The molecular weight excluding hydrogens is 1130 g/mol. The zero-order chi connectivity index (χ0) is 62.7. The number of unbranched alkanes of at least 4 members (excludes halogenated alkanes) is 2. The third-order valence-electron chi connectivity index (χ3n) is 17.9. The number of allylic oxidation sites excluding steroid dienone is 6. The molecule has 0 saturated carbocycles. The molecule has 0 aliphatic carbocycles. The average molecular weight is 1210 g/mol. The Morgan fingerprint density at radius 2 is 1.56 bits per heavy atom. The molecule has 462 valence electrons. The van der Waals surface area contributed by atoms with Gasteiger partial charge in [-0.2, -0.15) is 13.0 Å². The lowest BCUT2D eigenvalue weighted by atomic mass is 9.79. The maximum atomic E-state index is 14.6. The Kier molecular flexibility index (Phi) is 18.9. The predicted molar refractivity (Wildman–Crippen MR) is 333 cm³/mol. The molecule has 22 heteroatoms. The SMILES string of the molecule is CCN1C(=CC=CC=CC2=[N+](CCCCCC(=O)NC[C@@H]3C[C@@H]4CC[C@H]5C(=O)N[C@@H](CCCN=C(C)N)C(=O)NCC(=O)N[C@@H](CC(=O)O)C(=O)N[C@H]3C(=O)N45)c3ccc4c(S(=O)(=O)O)cccc4c3C2(C)C)C(C)(C)c2c1ccc1c(C)cccc21. The molecule has 21 nitrogen and oxygen atoms in total. The van der Waals surface area contributed by atoms with Crippen LogP contribution in [0.2, 0.25) is 0 Å². The number of amidine groups is 1. The van der Waals surface area contributed by atoms with Crippen molar-refractivity contribution in [2.75, 3.05) is 37.6 Å². The summed E-state index contributed by atoms with van der Waals surface area (Å²) in [6.07, 6.45) is 13.0. The van der Waals surface area contributed by atoms with E-state index in [4.69, 9.17) is 5.73 Å². The molecule has 6 atom stereocenters. The molecule has 6 amide bonds. The summed E-state index contributed by atoms with van der Waals surface area (Å²) in [5, 5.41) is 26.6. The van der Waals surface area contributed by atoms with E-state index in [-0.39, 0.29) is 55.0 Å². The van der Waals surface area contributed by atoms with Crippen LogP contribution in [-0.4, -0.2) is 143 Å². The Labute approximate surface area is 507 Å². The Morgan fingerprint density at radius 1 is 0.828 bits per heavy atom. The highest BCUT2D eigenvalue weighted by molar-refractivity contribution is 7.86. The molecule has 3 fully saturated rings. The zero-order valence-electron chi connectivity index (χ0n) is 50.6. The first kappa shape index (κ1) is 63.3. The van der Waals surface area contributed by atoms with Gasteiger partial charge in [-0.25, -0.2) is 0 Å². The fourth-order valence-electron chi connectivity index (χ4n) is 13.8. The van der Waals surface area contributed by atoms with E-state index in [0.29, 0.717) is 55.3 Å². The van der Waals surface area contributed by atoms with E-state index in [1.54, 1.807) is 19.1 Å². The van der Waals surface area contributed by atoms with Crippen LogP contribution in [0.3, 0.4) is 0 Å². The standard InChI is InChI=1S/C65H80N10O11S/c1-8-73-48-30-27-42-38(2)18-15-19-44(42)57(48)64(4,5)52(73)23-11-9-12-24-53-65(6,7)58-45-20-16-22-51(87(84,85)86)43(45)28-31-49(58)74(53)33-14-10-13-25-54(76)68-36-40-34-41-26-29-50-62(82)71-46(21-17-32-67-39(3)66)60(80)69-37-55(77)70-47(35-56(78)79)61(81)72-59(40)63(83)75(41)50/h9,11-12,15-16,18-20,22-24,27-28,30-31,40-41,46-47,50,59H,8,10,13-14,17,21,25-26,29,32-37H2,1-7H3,(H8-,66,67,68,69,70,71,72,76,77,78,79,80,81,82,84,85,86)/p+1/t40-,41-,46-,47-,50-,59+/m0/s1. The number of nitrogens with one attached hydrogen (secondary N) is 5. The number of hydrogen-bond acceptors (Lipinski definition) is 11. The minimum Gasteiger partial charge on any atom is -0.481 e. The molecule has 4 aromatic carbocycles. The van der Waals surface area contributed by atoms with Crippen molar-refractivity contribution >= 4 is 96.0 Å². The van der Waals surface area contributed by atoms with E-state index in [9.17, 15) is 51.6 Å². The summed E-state index contributed by atoms with van der Waals surface area (Å²) in [6.45, 7) is 15.7. The van der Waals surface area contributed by atoms with Crippen LogP contribution in [0.1, 0.15) is 122 Å². The number of amides is 6. The molecule has 5 aliphatic heterocycles. The van der Waals surface area contributed by atoms with Crippen LogP contribution in [0, 0.1) is 12.8 Å². The summed E-state index contributed by atoms with van der Waals surface area (Å²) < 4.78 is 37.8. The number of carboxylic acids is 1. The second-order valence-corrected chi connectivity index (χ2v) is 25.9. The molecule has 9 N–H and O–H groups in total. The number of carbonyl (C=O) groups is 7. The second kappa shape index (κ2) is 26.0. The number of carbonyl (C=O) groups excluding carboxylic acids is 6. The van der Waals surface area contributed by atoms with Crippen molar-refractivity contribution in [2.24, 2.45) is 16.6 Å². The largest absolute Gasteiger partial charge is 0.481 e. The number of anilines is 1.